The zero-order valence-corrected chi connectivity index (χ0v) is 37.5. The van der Waals surface area contributed by atoms with Gasteiger partial charge in [-0.25, -0.2) is 14.4 Å². The number of alkyl carbamates (subject to hydrolysis) is 1. The lowest BCUT2D eigenvalue weighted by atomic mass is 9.88. The van der Waals surface area contributed by atoms with Gasteiger partial charge in [-0.3, -0.25) is 19.2 Å². The molecule has 0 unspecified atom stereocenters. The molecule has 61 heavy (non-hydrogen) atoms. The van der Waals surface area contributed by atoms with Crippen molar-refractivity contribution >= 4 is 41.5 Å². The number of nitrogens with zero attached hydrogens (tertiary/aromatic N) is 2. The summed E-state index contributed by atoms with van der Waals surface area (Å²) in [7, 11) is 5.96. The van der Waals surface area contributed by atoms with Crippen molar-refractivity contribution in [3.8, 4) is 22.6 Å². The standard InChI is InChI=1S/C45H64N4O12/c1-27-22-35(51)38(29-16-18-37(59-11)33(26-29)32-23-28(15-17-36(32)58-10)24-34(41(54)55)47-39(27)52)49(9)40(53)30(14-12-13-20-46-42(56)60-44(2,3)4)25-31(50)19-21-48(8)43(57)61-45(5,6)7/h15-18,23,26-27,30,34,38H,12-14,19-22,24-25H2,1-11H3,(H,46,56)(H,47,52)(H,54,55)/t27-,30-,34+,38+/m1/s1. The number of rotatable bonds is 15. The van der Waals surface area contributed by atoms with Crippen LogP contribution in [0.5, 0.6) is 11.5 Å². The third-order valence-electron chi connectivity index (χ3n) is 10.0. The summed E-state index contributed by atoms with van der Waals surface area (Å²) in [4.78, 5) is 95.9. The molecule has 1 aliphatic heterocycles. The van der Waals surface area contributed by atoms with Crippen molar-refractivity contribution in [3.63, 3.8) is 0 Å². The fourth-order valence-corrected chi connectivity index (χ4v) is 6.93. The summed E-state index contributed by atoms with van der Waals surface area (Å²) in [5, 5.41) is 15.3. The van der Waals surface area contributed by atoms with Gasteiger partial charge >= 0.3 is 18.2 Å². The van der Waals surface area contributed by atoms with Gasteiger partial charge in [-0.15, -0.1) is 0 Å². The smallest absolute Gasteiger partial charge is 0.410 e. The number of hydrogen-bond acceptors (Lipinski definition) is 11. The van der Waals surface area contributed by atoms with Gasteiger partial charge in [-0.1, -0.05) is 25.5 Å². The van der Waals surface area contributed by atoms with Crippen molar-refractivity contribution in [3.05, 3.63) is 47.5 Å². The second kappa shape index (κ2) is 21.7. The molecule has 336 valence electrons. The molecule has 3 N–H and O–H groups in total. The van der Waals surface area contributed by atoms with Gasteiger partial charge in [0.1, 0.15) is 40.6 Å². The summed E-state index contributed by atoms with van der Waals surface area (Å²) in [5.74, 6) is -4.21. The topological polar surface area (TPSA) is 207 Å². The third kappa shape index (κ3) is 15.1. The molecule has 0 spiro atoms. The summed E-state index contributed by atoms with van der Waals surface area (Å²) in [6.45, 7) is 12.3. The predicted molar refractivity (Wildman–Crippen MR) is 227 cm³/mol. The van der Waals surface area contributed by atoms with Crippen molar-refractivity contribution < 1.29 is 57.6 Å². The number of carbonyl (C=O) groups is 7. The van der Waals surface area contributed by atoms with E-state index in [0.29, 0.717) is 46.6 Å². The fraction of sp³-hybridized carbons (Fsp3) is 0.578. The molecule has 0 radical (unpaired) electrons. The molecule has 0 saturated heterocycles. The molecule has 0 saturated carbocycles. The largest absolute Gasteiger partial charge is 0.496 e. The first kappa shape index (κ1) is 49.7. The van der Waals surface area contributed by atoms with Crippen LogP contribution in [0.25, 0.3) is 11.1 Å². The molecular formula is C45H64N4O12. The molecule has 0 aromatic heterocycles. The lowest BCUT2D eigenvalue weighted by Crippen LogP contribution is -2.45. The zero-order valence-electron chi connectivity index (χ0n) is 37.5. The lowest BCUT2D eigenvalue weighted by molar-refractivity contribution is -0.144. The van der Waals surface area contributed by atoms with E-state index in [4.69, 9.17) is 18.9 Å². The van der Waals surface area contributed by atoms with E-state index in [9.17, 15) is 38.7 Å². The van der Waals surface area contributed by atoms with E-state index >= 15 is 0 Å². The number of ether oxygens (including phenoxy) is 4. The number of carboxylic acid groups (broad SMARTS) is 1. The van der Waals surface area contributed by atoms with Crippen molar-refractivity contribution in [1.82, 2.24) is 20.4 Å². The summed E-state index contributed by atoms with van der Waals surface area (Å²) >= 11 is 0. The number of methoxy groups -OCH3 is 2. The maximum absolute atomic E-state index is 14.7. The number of fused-ring (bicyclic) bond motifs is 5. The van der Waals surface area contributed by atoms with Gasteiger partial charge in [0, 0.05) is 75.8 Å². The van der Waals surface area contributed by atoms with Crippen molar-refractivity contribution in [2.75, 3.05) is 41.4 Å². The average Bonchev–Trinajstić information content (AvgIpc) is 3.16. The van der Waals surface area contributed by atoms with Gasteiger partial charge in [0.15, 0.2) is 5.78 Å². The fourth-order valence-electron chi connectivity index (χ4n) is 6.93. The van der Waals surface area contributed by atoms with Gasteiger partial charge < -0.3 is 44.5 Å². The lowest BCUT2D eigenvalue weighted by Gasteiger charge is -2.32. The number of amides is 4. The highest BCUT2D eigenvalue weighted by Crippen LogP contribution is 2.40. The Bertz CT molecular complexity index is 1920. The number of aliphatic carboxylic acids is 1. The van der Waals surface area contributed by atoms with Crippen LogP contribution in [0.2, 0.25) is 0 Å². The molecular weight excluding hydrogens is 789 g/mol. The second-order valence-corrected chi connectivity index (χ2v) is 17.5. The third-order valence-corrected chi connectivity index (χ3v) is 10.0. The maximum atomic E-state index is 14.7. The van der Waals surface area contributed by atoms with E-state index in [0.717, 1.165) is 0 Å². The first-order valence-electron chi connectivity index (χ1n) is 20.5. The number of likely N-dealkylation sites (N-methyl/N-ethyl adjacent to an activating group) is 1. The number of unbranched alkanes of at least 4 members (excludes halogenated alkanes) is 1. The van der Waals surface area contributed by atoms with E-state index in [1.165, 1.54) is 45.0 Å². The average molecular weight is 853 g/mol. The Morgan fingerprint density at radius 2 is 1.48 bits per heavy atom. The molecule has 4 amide bonds. The summed E-state index contributed by atoms with van der Waals surface area (Å²) in [6, 6.07) is 7.62. The number of hydrogen-bond donors (Lipinski definition) is 3. The van der Waals surface area contributed by atoms with Crippen LogP contribution < -0.4 is 20.1 Å². The van der Waals surface area contributed by atoms with Gasteiger partial charge in [0.2, 0.25) is 11.8 Å². The number of ketones is 2. The first-order chi connectivity index (χ1) is 28.4. The Kier molecular flexibility index (Phi) is 17.7. The maximum Gasteiger partial charge on any atom is 0.410 e. The van der Waals surface area contributed by atoms with Crippen LogP contribution in [0, 0.1) is 11.8 Å². The quantitative estimate of drug-likeness (QED) is 0.173. The van der Waals surface area contributed by atoms with E-state index < -0.39 is 70.9 Å². The number of benzene rings is 2. The summed E-state index contributed by atoms with van der Waals surface area (Å²) in [5.41, 5.74) is 0.616. The van der Waals surface area contributed by atoms with Crippen LogP contribution in [0.15, 0.2) is 36.4 Å². The van der Waals surface area contributed by atoms with Gasteiger partial charge in [-0.05, 0) is 89.8 Å². The molecule has 1 heterocycles. The Balaban J connectivity index is 2.05. The summed E-state index contributed by atoms with van der Waals surface area (Å²) in [6.07, 6.45) is -0.713. The molecule has 4 bridgehead atoms. The molecule has 0 aliphatic carbocycles. The Morgan fingerprint density at radius 1 is 0.869 bits per heavy atom. The zero-order chi connectivity index (χ0) is 45.8. The number of Topliss-reactive ketones (excluding diaryl/α,β-unsaturated/α-hetero) is 2. The minimum Gasteiger partial charge on any atom is -0.496 e. The monoisotopic (exact) mass is 852 g/mol. The molecule has 1 aliphatic rings. The van der Waals surface area contributed by atoms with E-state index in [2.05, 4.69) is 10.6 Å². The minimum absolute atomic E-state index is 0.0466. The highest BCUT2D eigenvalue weighted by atomic mass is 16.6. The van der Waals surface area contributed by atoms with Crippen LogP contribution in [-0.2, 0) is 39.9 Å². The van der Waals surface area contributed by atoms with Crippen LogP contribution in [0.3, 0.4) is 0 Å². The molecule has 16 nitrogen and oxygen atoms in total. The Morgan fingerprint density at radius 3 is 2.07 bits per heavy atom. The minimum atomic E-state index is -1.30. The van der Waals surface area contributed by atoms with Crippen LogP contribution in [0.1, 0.15) is 104 Å². The van der Waals surface area contributed by atoms with Crippen molar-refractivity contribution in [1.29, 1.82) is 0 Å². The second-order valence-electron chi connectivity index (χ2n) is 17.5. The van der Waals surface area contributed by atoms with Gasteiger partial charge in [0.25, 0.3) is 0 Å². The molecule has 16 heteroatoms. The number of carboxylic acids is 1. The normalized spacial score (nSPS) is 17.5. The highest BCUT2D eigenvalue weighted by molar-refractivity contribution is 5.96. The SMILES string of the molecule is COc1ccc2cc1-c1cc(ccc1OC)[C@H](N(C)C(=O)[C@H](CCCCNC(=O)OC(C)(C)C)CC(=O)CCN(C)C(=O)OC(C)(C)C)C(=O)C[C@@H](C)C(=O)N[C@H](C(=O)O)C2. The van der Waals surface area contributed by atoms with Crippen LogP contribution in [0.4, 0.5) is 9.59 Å². The van der Waals surface area contributed by atoms with E-state index in [1.807, 2.05) is 0 Å². The van der Waals surface area contributed by atoms with E-state index in [-0.39, 0.29) is 51.0 Å². The number of nitrogens with one attached hydrogen (secondary N) is 2. The Hall–Kier alpha value is -5.67. The van der Waals surface area contributed by atoms with Gasteiger partial charge in [-0.2, -0.15) is 0 Å². The van der Waals surface area contributed by atoms with E-state index in [1.54, 1.807) is 77.9 Å². The molecule has 2 aromatic carbocycles. The molecule has 2 aromatic rings. The molecule has 4 atom stereocenters. The van der Waals surface area contributed by atoms with Gasteiger partial charge in [0.05, 0.1) is 14.2 Å². The van der Waals surface area contributed by atoms with Crippen molar-refractivity contribution in [2.24, 2.45) is 11.8 Å². The molecule has 3 rings (SSSR count). The first-order valence-corrected chi connectivity index (χ1v) is 20.5. The van der Waals surface area contributed by atoms with Crippen molar-refractivity contribution in [2.45, 2.75) is 117 Å². The van der Waals surface area contributed by atoms with Crippen LogP contribution >= 0.6 is 0 Å². The Labute approximate surface area is 359 Å². The van der Waals surface area contributed by atoms with Crippen LogP contribution in [-0.4, -0.2) is 115 Å². The predicted octanol–water partition coefficient (Wildman–Crippen LogP) is 6.12. The molecule has 0 fully saturated rings. The highest BCUT2D eigenvalue weighted by Gasteiger charge is 2.36. The number of carbonyl (C=O) groups excluding carboxylic acids is 6. The summed E-state index contributed by atoms with van der Waals surface area (Å²) < 4.78 is 22.2.